The molecule has 18 heavy (non-hydrogen) atoms. The number of aromatic nitrogens is 3. The average molecular weight is 273 g/mol. The van der Waals surface area contributed by atoms with Gasteiger partial charge in [-0.05, 0) is 38.3 Å². The van der Waals surface area contributed by atoms with Crippen LogP contribution in [-0.2, 0) is 0 Å². The van der Waals surface area contributed by atoms with E-state index in [0.717, 1.165) is 13.1 Å². The molecule has 0 saturated carbocycles. The summed E-state index contributed by atoms with van der Waals surface area (Å²) in [5, 5.41) is 0.165. The maximum absolute atomic E-state index is 5.90. The highest BCUT2D eigenvalue weighted by atomic mass is 35.5. The zero-order valence-electron chi connectivity index (χ0n) is 11.6. The maximum atomic E-state index is 5.90. The molecule has 1 rings (SSSR count). The van der Waals surface area contributed by atoms with E-state index >= 15 is 0 Å². The van der Waals surface area contributed by atoms with Crippen LogP contribution in [0.4, 0.5) is 5.95 Å². The second-order valence-electron chi connectivity index (χ2n) is 4.79. The van der Waals surface area contributed by atoms with Gasteiger partial charge in [0.1, 0.15) is 0 Å². The first-order valence-corrected chi connectivity index (χ1v) is 6.63. The average Bonchev–Trinajstić information content (AvgIpc) is 2.23. The molecule has 0 aliphatic rings. The van der Waals surface area contributed by atoms with Crippen molar-refractivity contribution in [3.8, 4) is 6.01 Å². The van der Waals surface area contributed by atoms with Gasteiger partial charge in [-0.15, -0.1) is 0 Å². The molecule has 0 bridgehead atoms. The van der Waals surface area contributed by atoms with E-state index in [9.17, 15) is 0 Å². The Bertz CT molecular complexity index is 384. The number of ether oxygens (including phenoxy) is 1. The van der Waals surface area contributed by atoms with Crippen LogP contribution >= 0.6 is 11.6 Å². The Morgan fingerprint density at radius 1 is 1.17 bits per heavy atom. The molecule has 0 unspecified atom stereocenters. The highest BCUT2D eigenvalue weighted by Gasteiger charge is 2.14. The molecule has 0 amide bonds. The van der Waals surface area contributed by atoms with Crippen molar-refractivity contribution in [2.75, 3.05) is 18.0 Å². The van der Waals surface area contributed by atoms with Gasteiger partial charge in [-0.25, -0.2) is 0 Å². The van der Waals surface area contributed by atoms with Crippen LogP contribution < -0.4 is 9.64 Å². The van der Waals surface area contributed by atoms with Crippen molar-refractivity contribution in [2.45, 2.75) is 40.7 Å². The van der Waals surface area contributed by atoms with Crippen LogP contribution in [0.5, 0.6) is 6.01 Å². The lowest BCUT2D eigenvalue weighted by Crippen LogP contribution is -2.29. The van der Waals surface area contributed by atoms with Gasteiger partial charge in [0.25, 0.3) is 0 Å². The van der Waals surface area contributed by atoms with Crippen LogP contribution in [0.1, 0.15) is 34.6 Å². The number of nitrogens with zero attached hydrogens (tertiary/aromatic N) is 4. The molecule has 1 aromatic heterocycles. The van der Waals surface area contributed by atoms with E-state index in [-0.39, 0.29) is 17.4 Å². The molecule has 5 nitrogen and oxygen atoms in total. The molecule has 0 spiro atoms. The molecule has 1 heterocycles. The molecule has 0 radical (unpaired) electrons. The highest BCUT2D eigenvalue weighted by Crippen LogP contribution is 2.17. The third kappa shape index (κ3) is 4.64. The predicted molar refractivity (Wildman–Crippen MR) is 73.3 cm³/mol. The van der Waals surface area contributed by atoms with Crippen molar-refractivity contribution in [3.63, 3.8) is 0 Å². The summed E-state index contributed by atoms with van der Waals surface area (Å²) in [6.45, 7) is 11.9. The van der Waals surface area contributed by atoms with Crippen LogP contribution in [0.2, 0.25) is 5.28 Å². The van der Waals surface area contributed by atoms with Gasteiger partial charge < -0.3 is 9.64 Å². The van der Waals surface area contributed by atoms with E-state index in [4.69, 9.17) is 16.3 Å². The minimum Gasteiger partial charge on any atom is -0.461 e. The third-order valence-corrected chi connectivity index (χ3v) is 2.34. The smallest absolute Gasteiger partial charge is 0.322 e. The van der Waals surface area contributed by atoms with E-state index < -0.39 is 0 Å². The second-order valence-corrected chi connectivity index (χ2v) is 5.12. The van der Waals surface area contributed by atoms with Gasteiger partial charge in [0.05, 0.1) is 6.10 Å². The summed E-state index contributed by atoms with van der Waals surface area (Å²) < 4.78 is 5.46. The zero-order valence-corrected chi connectivity index (χ0v) is 12.4. The quantitative estimate of drug-likeness (QED) is 0.797. The molecule has 6 heteroatoms. The van der Waals surface area contributed by atoms with Crippen molar-refractivity contribution in [2.24, 2.45) is 5.92 Å². The lowest BCUT2D eigenvalue weighted by atomic mass is 10.2. The van der Waals surface area contributed by atoms with Crippen LogP contribution in [0.15, 0.2) is 0 Å². The number of halogens is 1. The molecule has 0 aliphatic carbocycles. The maximum Gasteiger partial charge on any atom is 0.322 e. The Morgan fingerprint density at radius 2 is 1.83 bits per heavy atom. The van der Waals surface area contributed by atoms with Crippen LogP contribution in [0, 0.1) is 5.92 Å². The minimum absolute atomic E-state index is 0.0106. The molecular formula is C12H21ClN4O. The number of rotatable bonds is 6. The molecular weight excluding hydrogens is 252 g/mol. The number of hydrogen-bond acceptors (Lipinski definition) is 5. The van der Waals surface area contributed by atoms with Gasteiger partial charge in [-0.2, -0.15) is 15.0 Å². The molecule has 1 aromatic rings. The Morgan fingerprint density at radius 3 is 2.33 bits per heavy atom. The monoisotopic (exact) mass is 272 g/mol. The fraction of sp³-hybridized carbons (Fsp3) is 0.750. The van der Waals surface area contributed by atoms with Gasteiger partial charge in [-0.1, -0.05) is 13.8 Å². The Hall–Kier alpha value is -1.10. The van der Waals surface area contributed by atoms with Crippen molar-refractivity contribution in [1.82, 2.24) is 15.0 Å². The fourth-order valence-corrected chi connectivity index (χ4v) is 1.67. The van der Waals surface area contributed by atoms with Gasteiger partial charge in [0, 0.05) is 13.1 Å². The highest BCUT2D eigenvalue weighted by molar-refractivity contribution is 6.28. The van der Waals surface area contributed by atoms with E-state index in [1.54, 1.807) is 0 Å². The summed E-state index contributed by atoms with van der Waals surface area (Å²) in [4.78, 5) is 14.5. The van der Waals surface area contributed by atoms with Crippen molar-refractivity contribution in [1.29, 1.82) is 0 Å². The summed E-state index contributed by atoms with van der Waals surface area (Å²) in [7, 11) is 0. The van der Waals surface area contributed by atoms with Crippen LogP contribution in [0.3, 0.4) is 0 Å². The topological polar surface area (TPSA) is 51.1 Å². The summed E-state index contributed by atoms with van der Waals surface area (Å²) in [5.74, 6) is 1.09. The van der Waals surface area contributed by atoms with E-state index in [1.807, 2.05) is 13.8 Å². The fourth-order valence-electron chi connectivity index (χ4n) is 1.52. The Kier molecular flexibility index (Phi) is 5.59. The standard InChI is InChI=1S/C12H21ClN4O/c1-6-17(7-8(2)3)11-14-10(13)15-12(16-11)18-9(4)5/h8-9H,6-7H2,1-5H3. The van der Waals surface area contributed by atoms with Crippen LogP contribution in [-0.4, -0.2) is 34.1 Å². The first-order chi connectivity index (χ1) is 8.42. The van der Waals surface area contributed by atoms with Gasteiger partial charge in [0.15, 0.2) is 0 Å². The minimum atomic E-state index is 0.0106. The SMILES string of the molecule is CCN(CC(C)C)c1nc(Cl)nc(OC(C)C)n1. The van der Waals surface area contributed by atoms with Gasteiger partial charge in [0.2, 0.25) is 11.2 Å². The van der Waals surface area contributed by atoms with E-state index in [0.29, 0.717) is 11.9 Å². The molecule has 0 fully saturated rings. The molecule has 102 valence electrons. The third-order valence-electron chi connectivity index (χ3n) is 2.17. The summed E-state index contributed by atoms with van der Waals surface area (Å²) in [6, 6.07) is 0.280. The van der Waals surface area contributed by atoms with Crippen molar-refractivity contribution >= 4 is 17.5 Å². The lowest BCUT2D eigenvalue weighted by molar-refractivity contribution is 0.221. The number of hydrogen-bond donors (Lipinski definition) is 0. The molecule has 0 saturated heterocycles. The Labute approximate surface area is 114 Å². The molecule has 0 atom stereocenters. The molecule has 0 N–H and O–H groups in total. The van der Waals surface area contributed by atoms with E-state index in [1.165, 1.54) is 0 Å². The largest absolute Gasteiger partial charge is 0.461 e. The first-order valence-electron chi connectivity index (χ1n) is 6.25. The van der Waals surface area contributed by atoms with Crippen molar-refractivity contribution in [3.05, 3.63) is 5.28 Å². The van der Waals surface area contributed by atoms with Gasteiger partial charge >= 0.3 is 6.01 Å². The van der Waals surface area contributed by atoms with Gasteiger partial charge in [-0.3, -0.25) is 0 Å². The summed E-state index contributed by atoms with van der Waals surface area (Å²) in [6.07, 6.45) is 0.0106. The normalized spacial score (nSPS) is 11.1. The molecule has 0 aromatic carbocycles. The second kappa shape index (κ2) is 6.73. The number of anilines is 1. The Balaban J connectivity index is 2.95. The lowest BCUT2D eigenvalue weighted by Gasteiger charge is -2.23. The zero-order chi connectivity index (χ0) is 13.7. The summed E-state index contributed by atoms with van der Waals surface area (Å²) in [5.41, 5.74) is 0. The first kappa shape index (κ1) is 15.0. The summed E-state index contributed by atoms with van der Waals surface area (Å²) >= 11 is 5.90. The van der Waals surface area contributed by atoms with E-state index in [2.05, 4.69) is 40.6 Å². The van der Waals surface area contributed by atoms with Crippen LogP contribution in [0.25, 0.3) is 0 Å². The predicted octanol–water partition coefficient (Wildman–Crippen LogP) is 2.79. The molecule has 0 aliphatic heterocycles. The van der Waals surface area contributed by atoms with Crippen molar-refractivity contribution < 1.29 is 4.74 Å².